The molecular weight excluding hydrogens is 281 g/mol. The van der Waals surface area contributed by atoms with E-state index >= 15 is 0 Å². The highest BCUT2D eigenvalue weighted by molar-refractivity contribution is 14.1. The van der Waals surface area contributed by atoms with Gasteiger partial charge in [0.15, 0.2) is 5.76 Å². The number of rotatable bonds is 1. The van der Waals surface area contributed by atoms with Gasteiger partial charge in [-0.2, -0.15) is 5.16 Å². The van der Waals surface area contributed by atoms with Crippen LogP contribution in [0.2, 0.25) is 0 Å². The van der Waals surface area contributed by atoms with Crippen LogP contribution in [-0.4, -0.2) is 5.16 Å². The van der Waals surface area contributed by atoms with Gasteiger partial charge in [0.25, 0.3) is 5.56 Å². The van der Waals surface area contributed by atoms with E-state index < -0.39 is 0 Å². The molecule has 0 unspecified atom stereocenters. The normalized spacial score (nSPS) is 10.2. The van der Waals surface area contributed by atoms with E-state index in [9.17, 15) is 4.79 Å². The molecule has 2 aromatic rings. The average Bonchev–Trinajstić information content (AvgIpc) is 2.49. The van der Waals surface area contributed by atoms with Crippen molar-refractivity contribution in [2.75, 3.05) is 0 Å². The molecule has 0 bridgehead atoms. The zero-order valence-corrected chi connectivity index (χ0v) is 8.74. The smallest absolute Gasteiger partial charge is 0.294 e. The zero-order chi connectivity index (χ0) is 9.26. The van der Waals surface area contributed by atoms with Crippen molar-refractivity contribution in [3.8, 4) is 11.3 Å². The zero-order valence-electron chi connectivity index (χ0n) is 6.58. The molecule has 3 nitrogen and oxygen atoms in total. The number of H-pyrrole nitrogens is 1. The second kappa shape index (κ2) is 3.37. The lowest BCUT2D eigenvalue weighted by atomic mass is 10.2. The molecule has 0 fully saturated rings. The first-order valence-corrected chi connectivity index (χ1v) is 4.79. The van der Waals surface area contributed by atoms with Crippen LogP contribution in [0.15, 0.2) is 39.6 Å². The molecule has 1 N–H and O–H groups in total. The molecule has 0 amide bonds. The molecule has 0 aliphatic carbocycles. The number of hydrogen-bond donors (Lipinski definition) is 1. The maximum atomic E-state index is 11.1. The molecule has 1 aromatic heterocycles. The van der Waals surface area contributed by atoms with E-state index in [-0.39, 0.29) is 5.56 Å². The first-order chi connectivity index (χ1) is 6.29. The molecule has 0 aliphatic heterocycles. The van der Waals surface area contributed by atoms with Gasteiger partial charge >= 0.3 is 0 Å². The van der Waals surface area contributed by atoms with Crippen molar-refractivity contribution >= 4 is 22.6 Å². The third-order valence-electron chi connectivity index (χ3n) is 1.68. The summed E-state index contributed by atoms with van der Waals surface area (Å²) in [6.45, 7) is 0. The fourth-order valence-electron chi connectivity index (χ4n) is 1.07. The molecule has 0 radical (unpaired) electrons. The van der Waals surface area contributed by atoms with Gasteiger partial charge in [-0.05, 0) is 22.6 Å². The lowest BCUT2D eigenvalue weighted by Gasteiger charge is -1.93. The van der Waals surface area contributed by atoms with E-state index in [2.05, 4.69) is 5.16 Å². The monoisotopic (exact) mass is 287 g/mol. The highest BCUT2D eigenvalue weighted by Crippen LogP contribution is 2.21. The van der Waals surface area contributed by atoms with E-state index in [0.29, 0.717) is 9.33 Å². The van der Waals surface area contributed by atoms with Gasteiger partial charge in [-0.25, -0.2) is 0 Å². The van der Waals surface area contributed by atoms with Crippen LogP contribution < -0.4 is 5.56 Å². The number of aromatic nitrogens is 1. The van der Waals surface area contributed by atoms with Gasteiger partial charge in [0.2, 0.25) is 0 Å². The Kier molecular flexibility index (Phi) is 2.22. The molecule has 0 saturated heterocycles. The quantitative estimate of drug-likeness (QED) is 0.818. The molecule has 0 spiro atoms. The molecule has 2 rings (SSSR count). The van der Waals surface area contributed by atoms with Crippen LogP contribution in [0.25, 0.3) is 11.3 Å². The second-order valence-electron chi connectivity index (χ2n) is 2.54. The Balaban J connectivity index is 2.60. The SMILES string of the molecule is O=c1[nH]oc(-c2ccccc2)c1I. The molecule has 0 atom stereocenters. The Morgan fingerprint density at radius 1 is 1.23 bits per heavy atom. The molecule has 0 saturated carbocycles. The van der Waals surface area contributed by atoms with Gasteiger partial charge in [0.1, 0.15) is 3.57 Å². The Labute approximate surface area is 87.9 Å². The number of aromatic amines is 1. The molecule has 1 heterocycles. The average molecular weight is 287 g/mol. The summed E-state index contributed by atoms with van der Waals surface area (Å²) in [4.78, 5) is 11.1. The molecule has 4 heteroatoms. The maximum absolute atomic E-state index is 11.1. The highest BCUT2D eigenvalue weighted by atomic mass is 127. The molecule has 66 valence electrons. The van der Waals surface area contributed by atoms with Crippen molar-refractivity contribution < 1.29 is 4.52 Å². The van der Waals surface area contributed by atoms with Gasteiger partial charge in [-0.3, -0.25) is 4.79 Å². The minimum Gasteiger partial charge on any atom is -0.377 e. The van der Waals surface area contributed by atoms with Crippen molar-refractivity contribution in [2.45, 2.75) is 0 Å². The standard InChI is InChI=1S/C9H6INO2/c10-7-8(13-11-9(7)12)6-4-2-1-3-5-6/h1-5H,(H,11,12). The summed E-state index contributed by atoms with van der Waals surface area (Å²) in [5.74, 6) is 0.603. The summed E-state index contributed by atoms with van der Waals surface area (Å²) in [5, 5.41) is 2.30. The van der Waals surface area contributed by atoms with Crippen LogP contribution in [0.5, 0.6) is 0 Å². The lowest BCUT2D eigenvalue weighted by molar-refractivity contribution is 0.425. The van der Waals surface area contributed by atoms with E-state index in [0.717, 1.165) is 5.56 Å². The van der Waals surface area contributed by atoms with E-state index in [4.69, 9.17) is 4.52 Å². The first kappa shape index (κ1) is 8.55. The fourth-order valence-corrected chi connectivity index (χ4v) is 1.60. The summed E-state index contributed by atoms with van der Waals surface area (Å²) in [6.07, 6.45) is 0. The van der Waals surface area contributed by atoms with Crippen LogP contribution >= 0.6 is 22.6 Å². The van der Waals surface area contributed by atoms with Gasteiger partial charge < -0.3 is 4.52 Å². The molecule has 13 heavy (non-hydrogen) atoms. The predicted molar refractivity (Wildman–Crippen MR) is 57.5 cm³/mol. The van der Waals surface area contributed by atoms with Crippen molar-refractivity contribution in [3.63, 3.8) is 0 Å². The number of halogens is 1. The Morgan fingerprint density at radius 2 is 1.92 bits per heavy atom. The van der Waals surface area contributed by atoms with E-state index in [1.807, 2.05) is 52.9 Å². The van der Waals surface area contributed by atoms with Gasteiger partial charge in [0.05, 0.1) is 0 Å². The largest absolute Gasteiger partial charge is 0.377 e. The number of hydrogen-bond acceptors (Lipinski definition) is 2. The Morgan fingerprint density at radius 3 is 2.46 bits per heavy atom. The van der Waals surface area contributed by atoms with Crippen LogP contribution in [0.4, 0.5) is 0 Å². The van der Waals surface area contributed by atoms with Crippen molar-refractivity contribution in [1.82, 2.24) is 5.16 Å². The van der Waals surface area contributed by atoms with Crippen LogP contribution in [0.1, 0.15) is 0 Å². The lowest BCUT2D eigenvalue weighted by Crippen LogP contribution is -2.00. The number of nitrogens with one attached hydrogen (secondary N) is 1. The van der Waals surface area contributed by atoms with E-state index in [1.165, 1.54) is 0 Å². The third kappa shape index (κ3) is 1.53. The van der Waals surface area contributed by atoms with Gasteiger partial charge in [-0.15, -0.1) is 0 Å². The molecule has 1 aromatic carbocycles. The summed E-state index contributed by atoms with van der Waals surface area (Å²) < 4.78 is 5.62. The summed E-state index contributed by atoms with van der Waals surface area (Å²) >= 11 is 1.97. The fraction of sp³-hybridized carbons (Fsp3) is 0. The molecular formula is C9H6INO2. The minimum absolute atomic E-state index is 0.181. The van der Waals surface area contributed by atoms with Crippen LogP contribution in [-0.2, 0) is 0 Å². The topological polar surface area (TPSA) is 46.0 Å². The second-order valence-corrected chi connectivity index (χ2v) is 3.62. The van der Waals surface area contributed by atoms with Crippen molar-refractivity contribution in [3.05, 3.63) is 44.3 Å². The van der Waals surface area contributed by atoms with Crippen molar-refractivity contribution in [2.24, 2.45) is 0 Å². The highest BCUT2D eigenvalue weighted by Gasteiger charge is 2.10. The van der Waals surface area contributed by atoms with Crippen LogP contribution in [0, 0.1) is 3.57 Å². The minimum atomic E-state index is -0.181. The van der Waals surface area contributed by atoms with Crippen LogP contribution in [0.3, 0.4) is 0 Å². The van der Waals surface area contributed by atoms with E-state index in [1.54, 1.807) is 0 Å². The van der Waals surface area contributed by atoms with Gasteiger partial charge in [-0.1, -0.05) is 30.3 Å². The third-order valence-corrected chi connectivity index (χ3v) is 2.66. The van der Waals surface area contributed by atoms with Gasteiger partial charge in [0, 0.05) is 5.56 Å². The predicted octanol–water partition coefficient (Wildman–Crippen LogP) is 2.24. The number of benzene rings is 1. The summed E-state index contributed by atoms with van der Waals surface area (Å²) in [5.41, 5.74) is 0.727. The molecule has 0 aliphatic rings. The van der Waals surface area contributed by atoms with Crippen molar-refractivity contribution in [1.29, 1.82) is 0 Å². The summed E-state index contributed by atoms with van der Waals surface area (Å²) in [7, 11) is 0. The maximum Gasteiger partial charge on any atom is 0.294 e. The summed E-state index contributed by atoms with van der Waals surface area (Å²) in [6, 6.07) is 9.51. The Bertz CT molecular complexity index is 458. The first-order valence-electron chi connectivity index (χ1n) is 3.71. The Hall–Kier alpha value is -1.04.